The van der Waals surface area contributed by atoms with Crippen LogP contribution in [0.1, 0.15) is 31.9 Å². The lowest BCUT2D eigenvalue weighted by molar-refractivity contribution is -0.123. The number of hydrogen-bond donors (Lipinski definition) is 2. The van der Waals surface area contributed by atoms with Gasteiger partial charge in [0.2, 0.25) is 5.91 Å². The maximum Gasteiger partial charge on any atom is 0.242 e. The summed E-state index contributed by atoms with van der Waals surface area (Å²) in [6.45, 7) is 5.50. The van der Waals surface area contributed by atoms with Gasteiger partial charge in [-0.15, -0.1) is 0 Å². The number of hydrogen-bond acceptors (Lipinski definition) is 3. The lowest BCUT2D eigenvalue weighted by Crippen LogP contribution is -2.55. The minimum Gasteiger partial charge on any atom is -0.357 e. The van der Waals surface area contributed by atoms with Crippen LogP contribution >= 0.6 is 15.9 Å². The van der Waals surface area contributed by atoms with Gasteiger partial charge >= 0.3 is 0 Å². The molecule has 4 nitrogen and oxygen atoms in total. The quantitative estimate of drug-likeness (QED) is 0.895. The van der Waals surface area contributed by atoms with Gasteiger partial charge < -0.3 is 16.0 Å². The third-order valence-corrected chi connectivity index (χ3v) is 4.00. The predicted molar refractivity (Wildman–Crippen MR) is 81.2 cm³/mol. The molecule has 1 aromatic carbocycles. The van der Waals surface area contributed by atoms with Crippen LogP contribution in [0.4, 0.5) is 5.69 Å². The third-order valence-electron chi connectivity index (χ3n) is 3.51. The van der Waals surface area contributed by atoms with E-state index in [1.54, 1.807) is 0 Å². The Labute approximate surface area is 122 Å². The molecule has 3 N–H and O–H groups in total. The van der Waals surface area contributed by atoms with Gasteiger partial charge in [-0.25, -0.2) is 0 Å². The molecule has 2 atom stereocenters. The van der Waals surface area contributed by atoms with Crippen LogP contribution in [0, 0.1) is 0 Å². The van der Waals surface area contributed by atoms with E-state index in [9.17, 15) is 4.79 Å². The molecule has 0 bridgehead atoms. The van der Waals surface area contributed by atoms with E-state index < -0.39 is 0 Å². The van der Waals surface area contributed by atoms with E-state index in [1.807, 2.05) is 26.0 Å². The summed E-state index contributed by atoms with van der Waals surface area (Å²) in [7, 11) is 0. The Bertz CT molecular complexity index is 476. The van der Waals surface area contributed by atoms with Gasteiger partial charge in [0.15, 0.2) is 0 Å². The van der Waals surface area contributed by atoms with Crippen molar-refractivity contribution in [3.8, 4) is 0 Å². The first-order valence-corrected chi connectivity index (χ1v) is 7.43. The summed E-state index contributed by atoms with van der Waals surface area (Å²) in [5, 5.41) is 2.92. The molecule has 0 aliphatic carbocycles. The fourth-order valence-corrected chi connectivity index (χ4v) is 2.91. The Balaban J connectivity index is 2.43. The fraction of sp³-hybridized carbons (Fsp3) is 0.500. The maximum absolute atomic E-state index is 12.0. The van der Waals surface area contributed by atoms with Gasteiger partial charge in [-0.2, -0.15) is 0 Å². The van der Waals surface area contributed by atoms with Crippen molar-refractivity contribution in [3.05, 3.63) is 28.2 Å². The summed E-state index contributed by atoms with van der Waals surface area (Å²) in [6, 6.07) is 5.92. The van der Waals surface area contributed by atoms with Crippen molar-refractivity contribution in [2.45, 2.75) is 32.4 Å². The number of carbonyl (C=O) groups is 1. The van der Waals surface area contributed by atoms with Crippen LogP contribution in [0.15, 0.2) is 22.7 Å². The monoisotopic (exact) mass is 325 g/mol. The van der Waals surface area contributed by atoms with Crippen molar-refractivity contribution in [2.24, 2.45) is 5.73 Å². The zero-order valence-corrected chi connectivity index (χ0v) is 12.9. The Kier molecular flexibility index (Phi) is 4.47. The molecule has 1 aromatic rings. The Morgan fingerprint density at radius 2 is 2.32 bits per heavy atom. The first-order chi connectivity index (χ1) is 9.04. The van der Waals surface area contributed by atoms with Crippen LogP contribution in [0.2, 0.25) is 0 Å². The van der Waals surface area contributed by atoms with Gasteiger partial charge in [-0.05, 0) is 31.0 Å². The number of amides is 1. The first kappa shape index (κ1) is 14.3. The molecule has 2 rings (SSSR count). The van der Waals surface area contributed by atoms with E-state index >= 15 is 0 Å². The molecule has 1 amide bonds. The van der Waals surface area contributed by atoms with Crippen molar-refractivity contribution in [3.63, 3.8) is 0 Å². The van der Waals surface area contributed by atoms with Crippen molar-refractivity contribution in [1.82, 2.24) is 5.32 Å². The van der Waals surface area contributed by atoms with E-state index in [0.29, 0.717) is 6.54 Å². The minimum absolute atomic E-state index is 0.0504. The summed E-state index contributed by atoms with van der Waals surface area (Å²) in [4.78, 5) is 14.1. The molecule has 2 unspecified atom stereocenters. The second kappa shape index (κ2) is 5.92. The smallest absolute Gasteiger partial charge is 0.242 e. The predicted octanol–water partition coefficient (Wildman–Crippen LogP) is 2.18. The van der Waals surface area contributed by atoms with E-state index in [4.69, 9.17) is 5.73 Å². The van der Waals surface area contributed by atoms with Crippen LogP contribution in [0.25, 0.3) is 0 Å². The molecule has 5 heteroatoms. The molecule has 0 spiro atoms. The molecule has 104 valence electrons. The minimum atomic E-state index is -0.111. The van der Waals surface area contributed by atoms with Gasteiger partial charge in [0, 0.05) is 29.3 Å². The number of nitrogens with one attached hydrogen (secondary N) is 1. The van der Waals surface area contributed by atoms with Gasteiger partial charge in [0.1, 0.15) is 6.04 Å². The normalized spacial score (nSPS) is 21.2. The Morgan fingerprint density at radius 1 is 1.58 bits per heavy atom. The van der Waals surface area contributed by atoms with Crippen molar-refractivity contribution >= 4 is 27.5 Å². The molecule has 0 aromatic heterocycles. The average molecular weight is 326 g/mol. The molecule has 19 heavy (non-hydrogen) atoms. The van der Waals surface area contributed by atoms with E-state index in [0.717, 1.165) is 28.7 Å². The molecule has 1 fully saturated rings. The van der Waals surface area contributed by atoms with Crippen molar-refractivity contribution < 1.29 is 4.79 Å². The molecule has 0 saturated carbocycles. The van der Waals surface area contributed by atoms with Crippen molar-refractivity contribution in [1.29, 1.82) is 0 Å². The number of rotatable bonds is 3. The molecular formula is C14H20BrN3O. The third kappa shape index (κ3) is 2.92. The number of carbonyl (C=O) groups excluding carboxylic acids is 1. The first-order valence-electron chi connectivity index (χ1n) is 6.64. The summed E-state index contributed by atoms with van der Waals surface area (Å²) >= 11 is 3.50. The van der Waals surface area contributed by atoms with Gasteiger partial charge in [-0.3, -0.25) is 4.79 Å². The second-order valence-corrected chi connectivity index (χ2v) is 5.82. The maximum atomic E-state index is 12.0. The molecule has 1 heterocycles. The zero-order valence-electron chi connectivity index (χ0n) is 11.3. The van der Waals surface area contributed by atoms with Crippen LogP contribution in [-0.2, 0) is 4.79 Å². The molecular weight excluding hydrogens is 306 g/mol. The van der Waals surface area contributed by atoms with Crippen LogP contribution in [0.3, 0.4) is 0 Å². The lowest BCUT2D eigenvalue weighted by Gasteiger charge is -2.38. The van der Waals surface area contributed by atoms with Gasteiger partial charge in [0.25, 0.3) is 0 Å². The number of halogens is 1. The van der Waals surface area contributed by atoms with E-state index in [1.165, 1.54) is 0 Å². The van der Waals surface area contributed by atoms with Crippen LogP contribution in [-0.4, -0.2) is 25.0 Å². The second-order valence-electron chi connectivity index (χ2n) is 4.90. The number of benzene rings is 1. The largest absolute Gasteiger partial charge is 0.357 e. The summed E-state index contributed by atoms with van der Waals surface area (Å²) in [5.41, 5.74) is 8.19. The van der Waals surface area contributed by atoms with Gasteiger partial charge in [0.05, 0.1) is 0 Å². The molecule has 1 aliphatic heterocycles. The highest BCUT2D eigenvalue weighted by molar-refractivity contribution is 9.10. The molecule has 1 saturated heterocycles. The average Bonchev–Trinajstić information content (AvgIpc) is 2.37. The SMILES string of the molecule is CCC1C(=O)NCCN1c1cc(Br)ccc1C(C)N. The summed E-state index contributed by atoms with van der Waals surface area (Å²) in [5.74, 6) is 0.101. The molecule has 1 aliphatic rings. The van der Waals surface area contributed by atoms with Crippen LogP contribution in [0.5, 0.6) is 0 Å². The topological polar surface area (TPSA) is 58.4 Å². The fourth-order valence-electron chi connectivity index (χ4n) is 2.56. The summed E-state index contributed by atoms with van der Waals surface area (Å²) in [6.07, 6.45) is 0.788. The number of piperazine rings is 1. The number of nitrogens with zero attached hydrogens (tertiary/aromatic N) is 1. The standard InChI is InChI=1S/C14H20BrN3O/c1-3-12-14(19)17-6-7-18(12)13-8-10(15)4-5-11(13)9(2)16/h4-5,8-9,12H,3,6-7,16H2,1-2H3,(H,17,19). The molecule has 0 radical (unpaired) electrons. The Hall–Kier alpha value is -1.07. The van der Waals surface area contributed by atoms with E-state index in [-0.39, 0.29) is 18.0 Å². The summed E-state index contributed by atoms with van der Waals surface area (Å²) < 4.78 is 1.01. The zero-order chi connectivity index (χ0) is 14.0. The van der Waals surface area contributed by atoms with Crippen LogP contribution < -0.4 is 16.0 Å². The number of nitrogens with two attached hydrogens (primary N) is 1. The van der Waals surface area contributed by atoms with Crippen molar-refractivity contribution in [2.75, 3.05) is 18.0 Å². The van der Waals surface area contributed by atoms with Gasteiger partial charge in [-0.1, -0.05) is 28.9 Å². The highest BCUT2D eigenvalue weighted by atomic mass is 79.9. The lowest BCUT2D eigenvalue weighted by atomic mass is 10.0. The van der Waals surface area contributed by atoms with E-state index in [2.05, 4.69) is 32.2 Å². The number of anilines is 1. The Morgan fingerprint density at radius 3 is 2.95 bits per heavy atom. The highest BCUT2D eigenvalue weighted by Crippen LogP contribution is 2.31. The highest BCUT2D eigenvalue weighted by Gasteiger charge is 2.29.